The molecule has 0 atom stereocenters. The maximum absolute atomic E-state index is 2.37. The third-order valence-corrected chi connectivity index (χ3v) is 2.33. The summed E-state index contributed by atoms with van der Waals surface area (Å²) in [6.45, 7) is 9.01. The van der Waals surface area contributed by atoms with Crippen LogP contribution >= 0.6 is 8.20 Å². The molecule has 0 radical (unpaired) electrons. The Kier molecular flexibility index (Phi) is 4.14. The fraction of sp³-hybridized carbons (Fsp3) is 0.875. The van der Waals surface area contributed by atoms with Gasteiger partial charge in [0.15, 0.2) is 0 Å². The first-order valence-corrected chi connectivity index (χ1v) is 4.97. The van der Waals surface area contributed by atoms with E-state index >= 15 is 0 Å². The first kappa shape index (κ1) is 9.17. The number of rotatable bonds is 3. The molecular weight excluding hydrogens is 127 g/mol. The van der Waals surface area contributed by atoms with Gasteiger partial charge >= 0.3 is 0 Å². The Bertz CT molecular complexity index is 92.7. The lowest BCUT2D eigenvalue weighted by molar-refractivity contribution is 0.485. The second kappa shape index (κ2) is 4.06. The predicted molar refractivity (Wildman–Crippen MR) is 47.6 cm³/mol. The Balaban J connectivity index is 3.70. The van der Waals surface area contributed by atoms with Crippen LogP contribution in [0.4, 0.5) is 0 Å². The Hall–Kier alpha value is 0.170. The average molecular weight is 144 g/mol. The van der Waals surface area contributed by atoms with E-state index in [0.29, 0.717) is 5.41 Å². The Morgan fingerprint density at radius 2 is 2.00 bits per heavy atom. The SMILES string of the molecule is CCCC(C)(C)C=PC. The third-order valence-electron chi connectivity index (χ3n) is 1.37. The van der Waals surface area contributed by atoms with Crippen LogP contribution in [0.2, 0.25) is 0 Å². The van der Waals surface area contributed by atoms with Crippen molar-refractivity contribution in [2.45, 2.75) is 33.6 Å². The lowest BCUT2D eigenvalue weighted by Gasteiger charge is -2.17. The van der Waals surface area contributed by atoms with Crippen molar-refractivity contribution in [1.29, 1.82) is 0 Å². The quantitative estimate of drug-likeness (QED) is 0.533. The molecular formula is C8H17P. The summed E-state index contributed by atoms with van der Waals surface area (Å²) in [5.41, 5.74) is 0.463. The van der Waals surface area contributed by atoms with Crippen molar-refractivity contribution in [3.05, 3.63) is 0 Å². The normalized spacial score (nSPS) is 12.9. The van der Waals surface area contributed by atoms with Gasteiger partial charge in [0, 0.05) is 0 Å². The number of hydrogen-bond donors (Lipinski definition) is 0. The Morgan fingerprint density at radius 3 is 2.33 bits per heavy atom. The van der Waals surface area contributed by atoms with Crippen molar-refractivity contribution in [2.24, 2.45) is 5.41 Å². The van der Waals surface area contributed by atoms with E-state index in [1.807, 2.05) is 0 Å². The van der Waals surface area contributed by atoms with Crippen LogP contribution in [0.3, 0.4) is 0 Å². The lowest BCUT2D eigenvalue weighted by atomic mass is 9.91. The summed E-state index contributed by atoms with van der Waals surface area (Å²) < 4.78 is 0. The first-order valence-electron chi connectivity index (χ1n) is 3.55. The summed E-state index contributed by atoms with van der Waals surface area (Å²) in [7, 11) is 1.41. The maximum Gasteiger partial charge on any atom is -0.0132 e. The maximum atomic E-state index is 2.37. The van der Waals surface area contributed by atoms with Crippen LogP contribution in [0, 0.1) is 5.41 Å². The van der Waals surface area contributed by atoms with Crippen molar-refractivity contribution in [3.8, 4) is 0 Å². The highest BCUT2D eigenvalue weighted by molar-refractivity contribution is 7.37. The van der Waals surface area contributed by atoms with Crippen molar-refractivity contribution in [2.75, 3.05) is 6.66 Å². The van der Waals surface area contributed by atoms with Gasteiger partial charge in [0.05, 0.1) is 0 Å². The molecule has 0 nitrogen and oxygen atoms in total. The summed E-state index contributed by atoms with van der Waals surface area (Å²) >= 11 is 0. The van der Waals surface area contributed by atoms with Crippen LogP contribution in [-0.4, -0.2) is 12.5 Å². The van der Waals surface area contributed by atoms with Crippen molar-refractivity contribution >= 4 is 14.0 Å². The summed E-state index contributed by atoms with van der Waals surface area (Å²) in [5.74, 6) is 2.37. The Labute approximate surface area is 60.5 Å². The van der Waals surface area contributed by atoms with Gasteiger partial charge in [-0.25, -0.2) is 0 Å². The van der Waals surface area contributed by atoms with Crippen LogP contribution in [0.15, 0.2) is 0 Å². The smallest absolute Gasteiger partial charge is 0.0132 e. The van der Waals surface area contributed by atoms with Crippen molar-refractivity contribution < 1.29 is 0 Å². The molecule has 0 aromatic rings. The van der Waals surface area contributed by atoms with E-state index in [2.05, 4.69) is 33.2 Å². The molecule has 0 aromatic carbocycles. The minimum Gasteiger partial charge on any atom is -0.112 e. The van der Waals surface area contributed by atoms with E-state index < -0.39 is 0 Å². The van der Waals surface area contributed by atoms with Gasteiger partial charge in [-0.2, -0.15) is 0 Å². The monoisotopic (exact) mass is 144 g/mol. The highest BCUT2D eigenvalue weighted by Gasteiger charge is 2.10. The van der Waals surface area contributed by atoms with Gasteiger partial charge in [0.1, 0.15) is 0 Å². The molecule has 0 unspecified atom stereocenters. The zero-order valence-electron chi connectivity index (χ0n) is 6.94. The zero-order chi connectivity index (χ0) is 7.33. The van der Waals surface area contributed by atoms with Gasteiger partial charge in [0.25, 0.3) is 0 Å². The van der Waals surface area contributed by atoms with Gasteiger partial charge in [-0.3, -0.25) is 0 Å². The van der Waals surface area contributed by atoms with Crippen LogP contribution in [0.1, 0.15) is 33.6 Å². The molecule has 0 aliphatic rings. The lowest BCUT2D eigenvalue weighted by Crippen LogP contribution is -2.10. The molecule has 0 bridgehead atoms. The van der Waals surface area contributed by atoms with E-state index in [4.69, 9.17) is 0 Å². The van der Waals surface area contributed by atoms with Gasteiger partial charge < -0.3 is 0 Å². The summed E-state index contributed by atoms with van der Waals surface area (Å²) in [5, 5.41) is 0. The molecule has 9 heavy (non-hydrogen) atoms. The van der Waals surface area contributed by atoms with Crippen LogP contribution < -0.4 is 0 Å². The first-order chi connectivity index (χ1) is 4.12. The highest BCUT2D eigenvalue weighted by atomic mass is 31.1. The van der Waals surface area contributed by atoms with E-state index in [0.717, 1.165) is 0 Å². The second-order valence-corrected chi connectivity index (χ2v) is 3.90. The van der Waals surface area contributed by atoms with Crippen LogP contribution in [0.25, 0.3) is 0 Å². The molecule has 0 aliphatic carbocycles. The molecule has 0 spiro atoms. The summed E-state index contributed by atoms with van der Waals surface area (Å²) in [4.78, 5) is 0. The zero-order valence-corrected chi connectivity index (χ0v) is 7.83. The molecule has 1 heteroatoms. The topological polar surface area (TPSA) is 0 Å². The van der Waals surface area contributed by atoms with Crippen molar-refractivity contribution in [1.82, 2.24) is 0 Å². The minimum absolute atomic E-state index is 0.463. The van der Waals surface area contributed by atoms with Crippen LogP contribution in [-0.2, 0) is 0 Å². The van der Waals surface area contributed by atoms with Gasteiger partial charge in [-0.15, -0.1) is 8.20 Å². The summed E-state index contributed by atoms with van der Waals surface area (Å²) in [6.07, 6.45) is 2.60. The molecule has 0 rings (SSSR count). The minimum atomic E-state index is 0.463. The standard InChI is InChI=1S/C8H17P/c1-5-6-8(2,3)7-9-4/h7H,5-6H2,1-4H3. The highest BCUT2D eigenvalue weighted by Crippen LogP contribution is 2.20. The van der Waals surface area contributed by atoms with Crippen LogP contribution in [0.5, 0.6) is 0 Å². The number of hydrogen-bond acceptors (Lipinski definition) is 0. The third kappa shape index (κ3) is 4.66. The van der Waals surface area contributed by atoms with Gasteiger partial charge in [-0.1, -0.05) is 33.0 Å². The molecule has 0 N–H and O–H groups in total. The second-order valence-electron chi connectivity index (χ2n) is 3.13. The van der Waals surface area contributed by atoms with E-state index in [9.17, 15) is 0 Å². The molecule has 0 fully saturated rings. The van der Waals surface area contributed by atoms with E-state index in [1.54, 1.807) is 0 Å². The van der Waals surface area contributed by atoms with Gasteiger partial charge in [-0.05, 0) is 18.5 Å². The molecule has 0 saturated heterocycles. The molecule has 0 aliphatic heterocycles. The van der Waals surface area contributed by atoms with Gasteiger partial charge in [0.2, 0.25) is 0 Å². The molecule has 0 amide bonds. The fourth-order valence-electron chi connectivity index (χ4n) is 1.06. The average Bonchev–Trinajstić information content (AvgIpc) is 1.64. The molecule has 54 valence electrons. The van der Waals surface area contributed by atoms with E-state index in [-0.39, 0.29) is 0 Å². The van der Waals surface area contributed by atoms with Crippen molar-refractivity contribution in [3.63, 3.8) is 0 Å². The Morgan fingerprint density at radius 1 is 1.44 bits per heavy atom. The summed E-state index contributed by atoms with van der Waals surface area (Å²) in [6, 6.07) is 0. The molecule has 0 heterocycles. The molecule has 0 saturated carbocycles. The predicted octanol–water partition coefficient (Wildman–Crippen LogP) is 3.19. The largest absolute Gasteiger partial charge is 0.112 e. The fourth-order valence-corrected chi connectivity index (χ4v) is 1.89. The van der Waals surface area contributed by atoms with E-state index in [1.165, 1.54) is 21.0 Å². The molecule has 0 aromatic heterocycles.